The van der Waals surface area contributed by atoms with E-state index in [-0.39, 0.29) is 24.0 Å². The summed E-state index contributed by atoms with van der Waals surface area (Å²) in [6.45, 7) is 2.05. The fraction of sp³-hybridized carbons (Fsp3) is 0.538. The van der Waals surface area contributed by atoms with Gasteiger partial charge >= 0.3 is 0 Å². The Morgan fingerprint density at radius 3 is 2.75 bits per heavy atom. The second kappa shape index (κ2) is 10.7. The largest absolute Gasteiger partial charge is 0.383 e. The summed E-state index contributed by atoms with van der Waals surface area (Å²) in [4.78, 5) is 10.5. The molecule has 114 valence electrons. The molecule has 7 heteroatoms. The molecule has 1 heterocycles. The second-order valence-electron chi connectivity index (χ2n) is 4.23. The molecule has 0 amide bonds. The van der Waals surface area contributed by atoms with E-state index < -0.39 is 0 Å². The number of aromatic nitrogens is 1. The number of ether oxygens (including phenoxy) is 1. The number of anilines is 1. The van der Waals surface area contributed by atoms with Gasteiger partial charge in [-0.15, -0.1) is 24.0 Å². The summed E-state index contributed by atoms with van der Waals surface area (Å²) in [6, 6.07) is 3.99. The zero-order valence-electron chi connectivity index (χ0n) is 12.5. The van der Waals surface area contributed by atoms with Gasteiger partial charge in [-0.25, -0.2) is 4.98 Å². The molecule has 0 bridgehead atoms. The maximum Gasteiger partial charge on any atom is 0.191 e. The van der Waals surface area contributed by atoms with Crippen molar-refractivity contribution in [1.82, 2.24) is 15.6 Å². The molecule has 0 unspecified atom stereocenters. The number of pyridine rings is 1. The number of guanidine groups is 1. The predicted molar refractivity (Wildman–Crippen MR) is 94.1 cm³/mol. The van der Waals surface area contributed by atoms with Crippen LogP contribution in [0.1, 0.15) is 5.56 Å². The summed E-state index contributed by atoms with van der Waals surface area (Å²) >= 11 is 0. The van der Waals surface area contributed by atoms with E-state index in [1.54, 1.807) is 20.4 Å². The normalized spacial score (nSPS) is 10.7. The fourth-order valence-corrected chi connectivity index (χ4v) is 1.64. The lowest BCUT2D eigenvalue weighted by molar-refractivity contribution is 0.203. The first-order valence-corrected chi connectivity index (χ1v) is 6.23. The van der Waals surface area contributed by atoms with E-state index in [9.17, 15) is 0 Å². The number of nitrogens with zero attached hydrogens (tertiary/aromatic N) is 3. The van der Waals surface area contributed by atoms with Crippen LogP contribution in [0, 0.1) is 0 Å². The van der Waals surface area contributed by atoms with Crippen molar-refractivity contribution in [3.63, 3.8) is 0 Å². The van der Waals surface area contributed by atoms with Gasteiger partial charge in [0, 0.05) is 53.1 Å². The molecule has 1 rings (SSSR count). The van der Waals surface area contributed by atoms with Crippen LogP contribution in [0.3, 0.4) is 0 Å². The molecule has 0 saturated carbocycles. The molecule has 0 aliphatic rings. The summed E-state index contributed by atoms with van der Waals surface area (Å²) in [6.07, 6.45) is 1.80. The lowest BCUT2D eigenvalue weighted by atomic mass is 10.2. The smallest absolute Gasteiger partial charge is 0.191 e. The number of rotatable bonds is 6. The fourth-order valence-electron chi connectivity index (χ4n) is 1.64. The SMILES string of the molecule is CN=C(NCCOC)NCc1cccnc1N(C)C.I. The molecule has 0 saturated heterocycles. The molecule has 2 N–H and O–H groups in total. The average molecular weight is 393 g/mol. The lowest BCUT2D eigenvalue weighted by Crippen LogP contribution is -2.38. The van der Waals surface area contributed by atoms with Crippen molar-refractivity contribution in [2.75, 3.05) is 46.3 Å². The summed E-state index contributed by atoms with van der Waals surface area (Å²) in [7, 11) is 7.39. The van der Waals surface area contributed by atoms with E-state index in [0.29, 0.717) is 13.2 Å². The molecular formula is C13H24IN5O. The Hall–Kier alpha value is -1.09. The summed E-state index contributed by atoms with van der Waals surface area (Å²) in [5, 5.41) is 6.43. The van der Waals surface area contributed by atoms with Crippen LogP contribution in [-0.4, -0.2) is 52.3 Å². The van der Waals surface area contributed by atoms with Gasteiger partial charge in [0.05, 0.1) is 6.61 Å². The van der Waals surface area contributed by atoms with Crippen LogP contribution in [0.25, 0.3) is 0 Å². The number of nitrogens with one attached hydrogen (secondary N) is 2. The molecule has 1 aromatic heterocycles. The summed E-state index contributed by atoms with van der Waals surface area (Å²) < 4.78 is 4.99. The van der Waals surface area contributed by atoms with E-state index in [1.807, 2.05) is 25.1 Å². The van der Waals surface area contributed by atoms with Gasteiger partial charge in [-0.3, -0.25) is 4.99 Å². The van der Waals surface area contributed by atoms with E-state index in [1.165, 1.54) is 0 Å². The van der Waals surface area contributed by atoms with E-state index in [0.717, 1.165) is 23.9 Å². The zero-order valence-corrected chi connectivity index (χ0v) is 14.8. The van der Waals surface area contributed by atoms with Gasteiger partial charge in [0.25, 0.3) is 0 Å². The molecule has 0 aromatic carbocycles. The molecular weight excluding hydrogens is 369 g/mol. The van der Waals surface area contributed by atoms with E-state index in [4.69, 9.17) is 4.74 Å². The van der Waals surface area contributed by atoms with Gasteiger partial charge in [-0.2, -0.15) is 0 Å². The van der Waals surface area contributed by atoms with Crippen molar-refractivity contribution in [3.05, 3.63) is 23.9 Å². The second-order valence-corrected chi connectivity index (χ2v) is 4.23. The van der Waals surface area contributed by atoms with Crippen molar-refractivity contribution < 1.29 is 4.74 Å². The third kappa shape index (κ3) is 6.38. The number of halogens is 1. The van der Waals surface area contributed by atoms with Crippen molar-refractivity contribution in [1.29, 1.82) is 0 Å². The molecule has 20 heavy (non-hydrogen) atoms. The highest BCUT2D eigenvalue weighted by Crippen LogP contribution is 2.13. The Morgan fingerprint density at radius 1 is 1.40 bits per heavy atom. The van der Waals surface area contributed by atoms with E-state index >= 15 is 0 Å². The van der Waals surface area contributed by atoms with Gasteiger partial charge < -0.3 is 20.3 Å². The minimum atomic E-state index is 0. The van der Waals surface area contributed by atoms with Crippen LogP contribution in [0.5, 0.6) is 0 Å². The number of hydrogen-bond donors (Lipinski definition) is 2. The van der Waals surface area contributed by atoms with Crippen LogP contribution >= 0.6 is 24.0 Å². The monoisotopic (exact) mass is 393 g/mol. The van der Waals surface area contributed by atoms with Gasteiger partial charge in [-0.1, -0.05) is 6.07 Å². The standard InChI is InChI=1S/C13H23N5O.HI/c1-14-13(16-8-9-19-4)17-10-11-6-5-7-15-12(11)18(2)3;/h5-7H,8-10H2,1-4H3,(H2,14,16,17);1H. The van der Waals surface area contributed by atoms with Crippen LogP contribution in [0.2, 0.25) is 0 Å². The van der Waals surface area contributed by atoms with Crippen LogP contribution < -0.4 is 15.5 Å². The first-order valence-electron chi connectivity index (χ1n) is 6.23. The van der Waals surface area contributed by atoms with Crippen LogP contribution in [0.4, 0.5) is 5.82 Å². The molecule has 0 aliphatic carbocycles. The summed E-state index contributed by atoms with van der Waals surface area (Å²) in [5.74, 6) is 1.72. The first-order chi connectivity index (χ1) is 9.19. The van der Waals surface area contributed by atoms with Crippen molar-refractivity contribution in [2.24, 2.45) is 4.99 Å². The molecule has 0 aliphatic heterocycles. The predicted octanol–water partition coefficient (Wildman–Crippen LogP) is 1.08. The summed E-state index contributed by atoms with van der Waals surface area (Å²) in [5.41, 5.74) is 1.13. The quantitative estimate of drug-likeness (QED) is 0.328. The van der Waals surface area contributed by atoms with Gasteiger partial charge in [0.1, 0.15) is 5.82 Å². The average Bonchev–Trinajstić information content (AvgIpc) is 2.43. The lowest BCUT2D eigenvalue weighted by Gasteiger charge is -2.17. The molecule has 1 aromatic rings. The highest BCUT2D eigenvalue weighted by atomic mass is 127. The van der Waals surface area contributed by atoms with Crippen molar-refractivity contribution >= 4 is 35.8 Å². The Balaban J connectivity index is 0.00000361. The minimum absolute atomic E-state index is 0. The van der Waals surface area contributed by atoms with Crippen LogP contribution in [-0.2, 0) is 11.3 Å². The molecule has 0 radical (unpaired) electrons. The van der Waals surface area contributed by atoms with Gasteiger partial charge in [-0.05, 0) is 6.07 Å². The Bertz CT molecular complexity index is 412. The van der Waals surface area contributed by atoms with Crippen LogP contribution in [0.15, 0.2) is 23.3 Å². The number of hydrogen-bond acceptors (Lipinski definition) is 4. The van der Waals surface area contributed by atoms with Gasteiger partial charge in [0.2, 0.25) is 0 Å². The third-order valence-electron chi connectivity index (χ3n) is 2.56. The Kier molecular flexibility index (Phi) is 10.1. The number of aliphatic imine (C=N–C) groups is 1. The Morgan fingerprint density at radius 2 is 2.15 bits per heavy atom. The Labute approximate surface area is 138 Å². The van der Waals surface area contributed by atoms with Crippen molar-refractivity contribution in [3.8, 4) is 0 Å². The molecule has 0 fully saturated rings. The zero-order chi connectivity index (χ0) is 14.1. The molecule has 0 spiro atoms. The van der Waals surface area contributed by atoms with Crippen molar-refractivity contribution in [2.45, 2.75) is 6.54 Å². The maximum absolute atomic E-state index is 4.99. The minimum Gasteiger partial charge on any atom is -0.383 e. The molecule has 6 nitrogen and oxygen atoms in total. The molecule has 0 atom stereocenters. The highest BCUT2D eigenvalue weighted by molar-refractivity contribution is 14.0. The first kappa shape index (κ1) is 18.9. The van der Waals surface area contributed by atoms with Gasteiger partial charge in [0.15, 0.2) is 5.96 Å². The van der Waals surface area contributed by atoms with E-state index in [2.05, 4.69) is 26.7 Å². The third-order valence-corrected chi connectivity index (χ3v) is 2.56. The highest BCUT2D eigenvalue weighted by Gasteiger charge is 2.05. The number of methoxy groups -OCH3 is 1. The topological polar surface area (TPSA) is 61.8 Å². The maximum atomic E-state index is 4.99.